The smallest absolute Gasteiger partial charge is 0.294 e. The minimum absolute atomic E-state index is 0.0666. The van der Waals surface area contributed by atoms with Crippen LogP contribution in [0, 0.1) is 53.3 Å². The van der Waals surface area contributed by atoms with Crippen LogP contribution in [0.15, 0.2) is 40.8 Å². The van der Waals surface area contributed by atoms with Crippen LogP contribution < -0.4 is 0 Å². The summed E-state index contributed by atoms with van der Waals surface area (Å²) in [5.41, 5.74) is 3.56. The molecule has 3 saturated carbocycles. The van der Waals surface area contributed by atoms with Gasteiger partial charge in [0.15, 0.2) is 0 Å². The van der Waals surface area contributed by atoms with Crippen molar-refractivity contribution in [1.82, 2.24) is 0 Å². The summed E-state index contributed by atoms with van der Waals surface area (Å²) < 4.78 is 29.6. The van der Waals surface area contributed by atoms with Crippen molar-refractivity contribution in [3.63, 3.8) is 0 Å². The number of hydrogen-bond acceptors (Lipinski definition) is 3. The van der Waals surface area contributed by atoms with Gasteiger partial charge in [0.2, 0.25) is 0 Å². The normalized spacial score (nSPS) is 36.6. The van der Waals surface area contributed by atoms with Crippen molar-refractivity contribution in [2.75, 3.05) is 0 Å². The van der Waals surface area contributed by atoms with Gasteiger partial charge in [-0.1, -0.05) is 83.2 Å². The Balaban J connectivity index is 0.000000270. The number of allylic oxidation sites excluding steroid dienone is 1. The van der Waals surface area contributed by atoms with Crippen LogP contribution in [0.4, 0.5) is 0 Å². The molecule has 0 heterocycles. The lowest BCUT2D eigenvalue weighted by molar-refractivity contribution is -0.0573. The molecule has 0 spiro atoms. The van der Waals surface area contributed by atoms with Crippen molar-refractivity contribution >= 4 is 10.1 Å². The third-order valence-corrected chi connectivity index (χ3v) is 12.5. The molecule has 39 heavy (non-hydrogen) atoms. The van der Waals surface area contributed by atoms with E-state index >= 15 is 0 Å². The highest BCUT2D eigenvalue weighted by atomic mass is 32.2. The Labute approximate surface area is 238 Å². The lowest BCUT2D eigenvalue weighted by atomic mass is 9.47. The Morgan fingerprint density at radius 1 is 0.949 bits per heavy atom. The molecular weight excluding hydrogens is 504 g/mol. The lowest BCUT2D eigenvalue weighted by Crippen LogP contribution is -2.50. The third-order valence-electron chi connectivity index (χ3n) is 11.6. The number of benzene rings is 1. The monoisotopic (exact) mass is 558 g/mol. The van der Waals surface area contributed by atoms with E-state index in [4.69, 9.17) is 4.55 Å². The van der Waals surface area contributed by atoms with Crippen molar-refractivity contribution in [3.8, 4) is 0 Å². The molecular formula is C34H54O4S. The number of aliphatic hydroxyl groups excluding tert-OH is 1. The van der Waals surface area contributed by atoms with Crippen LogP contribution in [0.5, 0.6) is 0 Å². The van der Waals surface area contributed by atoms with E-state index in [2.05, 4.69) is 40.7 Å². The maximum absolute atomic E-state index is 10.5. The average molecular weight is 559 g/mol. The summed E-state index contributed by atoms with van der Waals surface area (Å²) in [5, 5.41) is 10.2. The van der Waals surface area contributed by atoms with Crippen LogP contribution in [0.3, 0.4) is 0 Å². The quantitative estimate of drug-likeness (QED) is 0.271. The van der Waals surface area contributed by atoms with E-state index in [0.29, 0.717) is 10.8 Å². The highest BCUT2D eigenvalue weighted by molar-refractivity contribution is 7.85. The molecule has 0 bridgehead atoms. The molecule has 3 fully saturated rings. The summed E-state index contributed by atoms with van der Waals surface area (Å²) in [7, 11) is -4.02. The third kappa shape index (κ3) is 6.51. The van der Waals surface area contributed by atoms with E-state index in [9.17, 15) is 13.5 Å². The standard InChI is InChI=1S/C27H46O.C7H8O3S/c1-18(2)7-6-8-19(3)23-11-12-24-22-10-9-20-17-21(28)13-15-26(20,4)25(22)14-16-27(23,24)5;1-6-2-4-7(5-3-6)11(8,9)10/h9,18-19,21-25,28H,6-8,10-17H2,1-5H3;2-5H,1H3,(H,8,9,10)/t19?,21-,22-,23+,24-,25-,26-,27+;/m0./s1. The van der Waals surface area contributed by atoms with Crippen LogP contribution in [0.1, 0.15) is 111 Å². The second-order valence-corrected chi connectivity index (χ2v) is 15.9. The minimum atomic E-state index is -4.02. The molecule has 8 atom stereocenters. The lowest BCUT2D eigenvalue weighted by Gasteiger charge is -2.58. The fourth-order valence-corrected chi connectivity index (χ4v) is 9.86. The molecule has 1 aromatic carbocycles. The molecule has 0 amide bonds. The highest BCUT2D eigenvalue weighted by Gasteiger charge is 2.59. The van der Waals surface area contributed by atoms with E-state index in [-0.39, 0.29) is 11.0 Å². The van der Waals surface area contributed by atoms with Crippen molar-refractivity contribution in [1.29, 1.82) is 0 Å². The SMILES string of the molecule is CC(C)CCCC(C)[C@H]1CC[C@H]2[C@@H]3CC=C4C[C@@H](O)CC[C@]4(C)[C@H]3CC[C@]12C.Cc1ccc(S(=O)(=O)O)cc1. The van der Waals surface area contributed by atoms with Crippen LogP contribution >= 0.6 is 0 Å². The molecule has 1 aromatic rings. The number of rotatable bonds is 6. The van der Waals surface area contributed by atoms with Gasteiger partial charge in [0.25, 0.3) is 10.1 Å². The topological polar surface area (TPSA) is 74.6 Å². The molecule has 0 aromatic heterocycles. The van der Waals surface area contributed by atoms with Gasteiger partial charge in [-0.25, -0.2) is 0 Å². The summed E-state index contributed by atoms with van der Waals surface area (Å²) in [6.07, 6.45) is 17.2. The number of aliphatic hydroxyl groups is 1. The largest absolute Gasteiger partial charge is 0.393 e. The fraction of sp³-hybridized carbons (Fsp3) is 0.765. The molecule has 5 heteroatoms. The molecule has 2 N–H and O–H groups in total. The summed E-state index contributed by atoms with van der Waals surface area (Å²) in [6, 6.07) is 5.99. The first-order chi connectivity index (χ1) is 18.3. The molecule has 220 valence electrons. The van der Waals surface area contributed by atoms with Gasteiger partial charge >= 0.3 is 0 Å². The molecule has 0 saturated heterocycles. The molecule has 1 unspecified atom stereocenters. The van der Waals surface area contributed by atoms with E-state index in [1.807, 2.05) is 6.92 Å². The predicted molar refractivity (Wildman–Crippen MR) is 160 cm³/mol. The van der Waals surface area contributed by atoms with Crippen molar-refractivity contribution < 1.29 is 18.1 Å². The maximum Gasteiger partial charge on any atom is 0.294 e. The number of aryl methyl sites for hydroxylation is 1. The Morgan fingerprint density at radius 3 is 2.28 bits per heavy atom. The van der Waals surface area contributed by atoms with E-state index in [1.54, 1.807) is 17.7 Å². The molecule has 5 rings (SSSR count). The summed E-state index contributed by atoms with van der Waals surface area (Å²) in [5.74, 6) is 5.46. The Bertz CT molecular complexity index is 1110. The summed E-state index contributed by atoms with van der Waals surface area (Å²) in [6.45, 7) is 14.4. The Hall–Kier alpha value is -1.17. The van der Waals surface area contributed by atoms with Crippen LogP contribution in [0.25, 0.3) is 0 Å². The second-order valence-electron chi connectivity index (χ2n) is 14.5. The Kier molecular flexibility index (Phi) is 9.45. The highest BCUT2D eigenvalue weighted by Crippen LogP contribution is 2.67. The van der Waals surface area contributed by atoms with E-state index in [0.717, 1.165) is 53.9 Å². The fourth-order valence-electron chi connectivity index (χ4n) is 9.38. The zero-order valence-corrected chi connectivity index (χ0v) is 26.1. The maximum atomic E-state index is 10.5. The molecule has 4 aliphatic rings. The predicted octanol–water partition coefficient (Wildman–Crippen LogP) is 8.63. The van der Waals surface area contributed by atoms with Gasteiger partial charge in [-0.05, 0) is 117 Å². The first-order valence-electron chi connectivity index (χ1n) is 15.7. The first kappa shape index (κ1) is 30.8. The zero-order chi connectivity index (χ0) is 28.6. The molecule has 0 aliphatic heterocycles. The van der Waals surface area contributed by atoms with Crippen molar-refractivity contribution in [3.05, 3.63) is 41.5 Å². The van der Waals surface area contributed by atoms with Gasteiger partial charge in [0, 0.05) is 0 Å². The van der Waals surface area contributed by atoms with Gasteiger partial charge in [-0.3, -0.25) is 4.55 Å². The van der Waals surface area contributed by atoms with Crippen molar-refractivity contribution in [2.24, 2.45) is 46.3 Å². The first-order valence-corrected chi connectivity index (χ1v) is 17.1. The number of hydrogen-bond donors (Lipinski definition) is 2. The molecule has 4 aliphatic carbocycles. The van der Waals surface area contributed by atoms with Crippen LogP contribution in [-0.2, 0) is 10.1 Å². The van der Waals surface area contributed by atoms with E-state index in [1.165, 1.54) is 69.9 Å². The molecule has 0 radical (unpaired) electrons. The zero-order valence-electron chi connectivity index (χ0n) is 25.3. The average Bonchev–Trinajstić information content (AvgIpc) is 3.21. The Morgan fingerprint density at radius 2 is 1.64 bits per heavy atom. The van der Waals surface area contributed by atoms with Gasteiger partial charge in [0.05, 0.1) is 11.0 Å². The summed E-state index contributed by atoms with van der Waals surface area (Å²) >= 11 is 0. The second kappa shape index (κ2) is 12.0. The van der Waals surface area contributed by atoms with Crippen LogP contribution in [-0.4, -0.2) is 24.2 Å². The van der Waals surface area contributed by atoms with Gasteiger partial charge < -0.3 is 5.11 Å². The van der Waals surface area contributed by atoms with E-state index < -0.39 is 10.1 Å². The van der Waals surface area contributed by atoms with Gasteiger partial charge in [0.1, 0.15) is 0 Å². The number of fused-ring (bicyclic) bond motifs is 5. The summed E-state index contributed by atoms with van der Waals surface area (Å²) in [4.78, 5) is -0.0666. The van der Waals surface area contributed by atoms with Gasteiger partial charge in [-0.15, -0.1) is 0 Å². The van der Waals surface area contributed by atoms with Crippen LogP contribution in [0.2, 0.25) is 0 Å². The molecule has 4 nitrogen and oxygen atoms in total. The van der Waals surface area contributed by atoms with Crippen molar-refractivity contribution in [2.45, 2.75) is 123 Å². The minimum Gasteiger partial charge on any atom is -0.393 e. The van der Waals surface area contributed by atoms with Gasteiger partial charge in [-0.2, -0.15) is 8.42 Å².